The van der Waals surface area contributed by atoms with E-state index < -0.39 is 0 Å². The van der Waals surface area contributed by atoms with Crippen LogP contribution in [-0.2, 0) is 17.8 Å². The Hall–Kier alpha value is -2.66. The molecule has 5 nitrogen and oxygen atoms in total. The molecule has 0 fully saturated rings. The number of rotatable bonds is 4. The first-order chi connectivity index (χ1) is 13.3. The highest BCUT2D eigenvalue weighted by molar-refractivity contribution is 6.02. The number of nitrogens with one attached hydrogen (secondary N) is 1. The normalized spacial score (nSPS) is 17.9. The molecule has 0 aromatic heterocycles. The zero-order chi connectivity index (χ0) is 20.3. The molecular weight excluding hydrogens is 350 g/mol. The monoisotopic (exact) mass is 379 g/mol. The zero-order valence-corrected chi connectivity index (χ0v) is 17.1. The fraction of sp³-hybridized carbons (Fsp3) is 0.391. The molecule has 1 heterocycles. The molecule has 0 saturated carbocycles. The van der Waals surface area contributed by atoms with Crippen LogP contribution in [0.25, 0.3) is 0 Å². The van der Waals surface area contributed by atoms with E-state index in [1.807, 2.05) is 64.1 Å². The molecule has 1 aliphatic heterocycles. The van der Waals surface area contributed by atoms with Gasteiger partial charge in [-0.25, -0.2) is 0 Å². The van der Waals surface area contributed by atoms with Gasteiger partial charge >= 0.3 is 0 Å². The zero-order valence-electron chi connectivity index (χ0n) is 17.1. The van der Waals surface area contributed by atoms with Crippen LogP contribution in [0.2, 0.25) is 0 Å². The fourth-order valence-electron chi connectivity index (χ4n) is 3.57. The minimum Gasteiger partial charge on any atom is -0.411 e. The van der Waals surface area contributed by atoms with Crippen molar-refractivity contribution in [2.75, 3.05) is 6.54 Å². The molecule has 0 aliphatic carbocycles. The topological polar surface area (TPSA) is 64.9 Å². The minimum atomic E-state index is -0.309. The van der Waals surface area contributed by atoms with Crippen molar-refractivity contribution >= 4 is 11.6 Å². The van der Waals surface area contributed by atoms with Gasteiger partial charge in [0.25, 0.3) is 0 Å². The van der Waals surface area contributed by atoms with Gasteiger partial charge in [-0.05, 0) is 45.2 Å². The molecule has 1 aliphatic rings. The summed E-state index contributed by atoms with van der Waals surface area (Å²) in [4.78, 5) is 15.1. The third kappa shape index (κ3) is 4.78. The molecule has 2 aromatic rings. The van der Waals surface area contributed by atoms with E-state index in [1.165, 1.54) is 11.1 Å². The van der Waals surface area contributed by atoms with Gasteiger partial charge in [0.05, 0.1) is 6.04 Å². The van der Waals surface area contributed by atoms with Crippen LogP contribution in [-0.4, -0.2) is 39.9 Å². The number of fused-ring (bicyclic) bond motifs is 1. The largest absolute Gasteiger partial charge is 0.411 e. The Kier molecular flexibility index (Phi) is 5.84. The summed E-state index contributed by atoms with van der Waals surface area (Å²) in [7, 11) is 0. The molecule has 0 radical (unpaired) electrons. The first kappa shape index (κ1) is 20.1. The van der Waals surface area contributed by atoms with E-state index in [1.54, 1.807) is 0 Å². The number of aryl methyl sites for hydroxylation is 1. The van der Waals surface area contributed by atoms with E-state index in [2.05, 4.69) is 27.5 Å². The molecule has 28 heavy (non-hydrogen) atoms. The molecule has 0 spiro atoms. The lowest BCUT2D eigenvalue weighted by molar-refractivity contribution is -0.128. The summed E-state index contributed by atoms with van der Waals surface area (Å²) >= 11 is 0. The second kappa shape index (κ2) is 8.15. The molecular formula is C23H29N3O2. The summed E-state index contributed by atoms with van der Waals surface area (Å²) < 4.78 is 0. The highest BCUT2D eigenvalue weighted by atomic mass is 16.4. The molecule has 2 aromatic carbocycles. The van der Waals surface area contributed by atoms with Gasteiger partial charge in [-0.15, -0.1) is 0 Å². The van der Waals surface area contributed by atoms with Crippen molar-refractivity contribution in [3.8, 4) is 0 Å². The third-order valence-electron chi connectivity index (χ3n) is 5.01. The fourth-order valence-corrected chi connectivity index (χ4v) is 3.57. The van der Waals surface area contributed by atoms with E-state index in [0.29, 0.717) is 25.2 Å². The number of oxime groups is 1. The summed E-state index contributed by atoms with van der Waals surface area (Å²) in [6.07, 6.45) is 0.644. The van der Waals surface area contributed by atoms with Crippen LogP contribution in [0.1, 0.15) is 43.0 Å². The number of hydrogen-bond donors (Lipinski definition) is 2. The highest BCUT2D eigenvalue weighted by Gasteiger charge is 2.33. The molecule has 148 valence electrons. The summed E-state index contributed by atoms with van der Waals surface area (Å²) in [5, 5.41) is 16.3. The summed E-state index contributed by atoms with van der Waals surface area (Å²) in [5.74, 6) is 0.00296. The predicted molar refractivity (Wildman–Crippen MR) is 112 cm³/mol. The molecule has 2 N–H and O–H groups in total. The second-order valence-corrected chi connectivity index (χ2v) is 8.55. The lowest BCUT2D eigenvalue weighted by Crippen LogP contribution is -2.55. The van der Waals surface area contributed by atoms with Crippen LogP contribution in [0.4, 0.5) is 0 Å². The Bertz CT molecular complexity index is 866. The number of nitrogens with zero attached hydrogens (tertiary/aromatic N) is 2. The number of carbonyl (C=O) groups excluding carboxylic acids is 1. The maximum absolute atomic E-state index is 13.0. The third-order valence-corrected chi connectivity index (χ3v) is 5.01. The standard InChI is InChI=1S/C23H29N3O2/c1-16-9-11-17(12-10-16)20(25-28)15-26-14-19-8-6-5-7-18(19)13-21(26)22(27)24-23(2,3)4/h5-12,21,28H,13-15H2,1-4H3,(H,24,27). The van der Waals surface area contributed by atoms with E-state index in [0.717, 1.165) is 11.1 Å². The van der Waals surface area contributed by atoms with Gasteiger partial charge < -0.3 is 10.5 Å². The molecule has 0 saturated heterocycles. The van der Waals surface area contributed by atoms with Crippen molar-refractivity contribution in [3.63, 3.8) is 0 Å². The molecule has 3 rings (SSSR count). The van der Waals surface area contributed by atoms with Crippen LogP contribution in [0.5, 0.6) is 0 Å². The Morgan fingerprint density at radius 2 is 1.79 bits per heavy atom. The minimum absolute atomic E-state index is 0.00296. The van der Waals surface area contributed by atoms with Crippen LogP contribution in [0.3, 0.4) is 0 Å². The number of hydrogen-bond acceptors (Lipinski definition) is 4. The van der Waals surface area contributed by atoms with Gasteiger partial charge in [0.1, 0.15) is 5.71 Å². The highest BCUT2D eigenvalue weighted by Crippen LogP contribution is 2.24. The van der Waals surface area contributed by atoms with Crippen LogP contribution in [0, 0.1) is 6.92 Å². The number of amides is 1. The Balaban J connectivity index is 1.88. The van der Waals surface area contributed by atoms with Crippen molar-refractivity contribution in [1.82, 2.24) is 10.2 Å². The van der Waals surface area contributed by atoms with Crippen molar-refractivity contribution in [2.24, 2.45) is 5.16 Å². The summed E-state index contributed by atoms with van der Waals surface area (Å²) in [6.45, 7) is 9.02. The molecule has 1 unspecified atom stereocenters. The van der Waals surface area contributed by atoms with Gasteiger partial charge in [-0.3, -0.25) is 9.69 Å². The van der Waals surface area contributed by atoms with Gasteiger partial charge in [0.15, 0.2) is 0 Å². The van der Waals surface area contributed by atoms with Gasteiger partial charge in [0, 0.05) is 24.2 Å². The van der Waals surface area contributed by atoms with Gasteiger partial charge in [-0.2, -0.15) is 0 Å². The van der Waals surface area contributed by atoms with Crippen molar-refractivity contribution in [2.45, 2.75) is 52.2 Å². The molecule has 0 bridgehead atoms. The first-order valence-corrected chi connectivity index (χ1v) is 9.67. The van der Waals surface area contributed by atoms with Gasteiger partial charge in [-0.1, -0.05) is 59.3 Å². The van der Waals surface area contributed by atoms with E-state index >= 15 is 0 Å². The molecule has 5 heteroatoms. The lowest BCUT2D eigenvalue weighted by atomic mass is 9.92. The molecule has 1 atom stereocenters. The summed E-state index contributed by atoms with van der Waals surface area (Å²) in [6, 6.07) is 15.8. The van der Waals surface area contributed by atoms with Crippen LogP contribution in [0.15, 0.2) is 53.7 Å². The smallest absolute Gasteiger partial charge is 0.238 e. The Labute approximate surface area is 167 Å². The number of benzene rings is 2. The second-order valence-electron chi connectivity index (χ2n) is 8.55. The first-order valence-electron chi connectivity index (χ1n) is 9.67. The predicted octanol–water partition coefficient (Wildman–Crippen LogP) is 3.51. The molecule has 1 amide bonds. The average Bonchev–Trinajstić information content (AvgIpc) is 2.65. The van der Waals surface area contributed by atoms with E-state index in [-0.39, 0.29) is 17.5 Å². The maximum atomic E-state index is 13.0. The Morgan fingerprint density at radius 3 is 2.39 bits per heavy atom. The maximum Gasteiger partial charge on any atom is 0.238 e. The number of carbonyl (C=O) groups is 1. The lowest BCUT2D eigenvalue weighted by Gasteiger charge is -2.37. The SMILES string of the molecule is Cc1ccc(C(CN2Cc3ccccc3CC2C(=O)NC(C)(C)C)=NO)cc1. The Morgan fingerprint density at radius 1 is 1.14 bits per heavy atom. The van der Waals surface area contributed by atoms with Crippen molar-refractivity contribution < 1.29 is 10.0 Å². The van der Waals surface area contributed by atoms with E-state index in [9.17, 15) is 10.0 Å². The van der Waals surface area contributed by atoms with Crippen molar-refractivity contribution in [3.05, 3.63) is 70.8 Å². The summed E-state index contributed by atoms with van der Waals surface area (Å²) in [5.41, 5.74) is 4.68. The quantitative estimate of drug-likeness (QED) is 0.485. The van der Waals surface area contributed by atoms with Crippen LogP contribution < -0.4 is 5.32 Å². The van der Waals surface area contributed by atoms with Crippen molar-refractivity contribution in [1.29, 1.82) is 0 Å². The van der Waals surface area contributed by atoms with Crippen LogP contribution >= 0.6 is 0 Å². The van der Waals surface area contributed by atoms with Gasteiger partial charge in [0.2, 0.25) is 5.91 Å². The van der Waals surface area contributed by atoms with E-state index in [4.69, 9.17) is 0 Å². The average molecular weight is 380 g/mol.